The Balaban J connectivity index is 1.98. The van der Waals surface area contributed by atoms with Crippen LogP contribution in [0.5, 0.6) is 11.9 Å². The molecule has 1 atom stereocenters. The first-order valence-electron chi connectivity index (χ1n) is 7.94. The molecule has 2 aromatic rings. The number of aromatic nitrogens is 2. The van der Waals surface area contributed by atoms with Crippen LogP contribution in [-0.4, -0.2) is 39.8 Å². The van der Waals surface area contributed by atoms with E-state index in [1.54, 1.807) is 20.8 Å². The Kier molecular flexibility index (Phi) is 4.25. The summed E-state index contributed by atoms with van der Waals surface area (Å²) in [6.45, 7) is 3.83. The van der Waals surface area contributed by atoms with Gasteiger partial charge in [-0.3, -0.25) is 0 Å². The lowest BCUT2D eigenvalue weighted by Crippen LogP contribution is -2.26. The Bertz CT molecular complexity index is 854. The van der Waals surface area contributed by atoms with Gasteiger partial charge < -0.3 is 14.6 Å². The number of hydrogen-bond donors (Lipinski definition) is 1. The number of benzene rings is 1. The molecule has 0 bridgehead atoms. The van der Waals surface area contributed by atoms with Crippen molar-refractivity contribution in [3.8, 4) is 11.9 Å². The van der Waals surface area contributed by atoms with E-state index in [-0.39, 0.29) is 16.8 Å². The average molecular weight is 374 g/mol. The van der Waals surface area contributed by atoms with Gasteiger partial charge in [0.2, 0.25) is 5.88 Å². The molecular weight excluding hydrogens is 356 g/mol. The number of ether oxygens (including phenoxy) is 2. The molecule has 0 radical (unpaired) electrons. The van der Waals surface area contributed by atoms with Crippen molar-refractivity contribution in [1.29, 1.82) is 0 Å². The molecule has 1 fully saturated rings. The molecule has 1 aliphatic rings. The highest BCUT2D eigenvalue weighted by molar-refractivity contribution is 5.84. The topological polar surface area (TPSA) is 64.5 Å². The van der Waals surface area contributed by atoms with Crippen molar-refractivity contribution in [2.24, 2.45) is 5.41 Å². The predicted molar refractivity (Wildman–Crippen MR) is 84.4 cm³/mol. The molecule has 142 valence electrons. The summed E-state index contributed by atoms with van der Waals surface area (Å²) in [6.07, 6.45) is -0.519. The zero-order valence-corrected chi connectivity index (χ0v) is 14.4. The summed E-state index contributed by atoms with van der Waals surface area (Å²) in [7, 11) is 0. The minimum atomic E-state index is -3.04. The molecule has 1 N–H and O–H groups in total. The van der Waals surface area contributed by atoms with Crippen molar-refractivity contribution in [2.75, 3.05) is 13.2 Å². The van der Waals surface area contributed by atoms with Gasteiger partial charge in [-0.2, -0.15) is 9.97 Å². The molecule has 1 aromatic carbocycles. The molecule has 1 aromatic heterocycles. The Morgan fingerprint density at radius 3 is 2.38 bits per heavy atom. The normalized spacial score (nSPS) is 21.7. The number of fused-ring (bicyclic) bond motifs is 1. The standard InChI is InChI=1S/C17H18F4N2O3/c1-15(2,3)26-13-10-4-9(18)5-11(19)12(10)22-14(23-13)25-8-16(7-24)6-17(16,20)21/h4-5,24H,6-8H2,1-3H3/t16-/m1/s1. The Hall–Kier alpha value is -2.16. The van der Waals surface area contributed by atoms with Crippen molar-refractivity contribution in [3.63, 3.8) is 0 Å². The molecule has 0 unspecified atom stereocenters. The Morgan fingerprint density at radius 2 is 1.85 bits per heavy atom. The van der Waals surface area contributed by atoms with E-state index < -0.39 is 54.2 Å². The molecule has 9 heteroatoms. The van der Waals surface area contributed by atoms with Crippen LogP contribution in [0, 0.1) is 17.0 Å². The van der Waals surface area contributed by atoms with Gasteiger partial charge in [0.1, 0.15) is 23.5 Å². The fraction of sp³-hybridized carbons (Fsp3) is 0.529. The average Bonchev–Trinajstić information content (AvgIpc) is 3.06. The highest BCUT2D eigenvalue weighted by Crippen LogP contribution is 2.60. The van der Waals surface area contributed by atoms with E-state index in [1.807, 2.05) is 0 Å². The fourth-order valence-electron chi connectivity index (χ4n) is 2.50. The van der Waals surface area contributed by atoms with Crippen molar-refractivity contribution in [1.82, 2.24) is 9.97 Å². The zero-order chi connectivity index (χ0) is 19.3. The van der Waals surface area contributed by atoms with Crippen LogP contribution in [0.25, 0.3) is 10.9 Å². The first-order chi connectivity index (χ1) is 12.0. The van der Waals surface area contributed by atoms with E-state index in [2.05, 4.69) is 9.97 Å². The molecular formula is C17H18F4N2O3. The third kappa shape index (κ3) is 3.40. The van der Waals surface area contributed by atoms with Crippen LogP contribution >= 0.6 is 0 Å². The van der Waals surface area contributed by atoms with Gasteiger partial charge in [-0.15, -0.1) is 0 Å². The lowest BCUT2D eigenvalue weighted by atomic mass is 10.1. The SMILES string of the molecule is CC(C)(C)Oc1nc(OC[C@]2(CO)CC2(F)F)nc2c(F)cc(F)cc12. The highest BCUT2D eigenvalue weighted by atomic mass is 19.3. The van der Waals surface area contributed by atoms with Gasteiger partial charge >= 0.3 is 6.01 Å². The quantitative estimate of drug-likeness (QED) is 0.812. The molecule has 5 nitrogen and oxygen atoms in total. The highest BCUT2D eigenvalue weighted by Gasteiger charge is 2.71. The minimum Gasteiger partial charge on any atom is -0.471 e. The molecule has 1 saturated carbocycles. The monoisotopic (exact) mass is 374 g/mol. The summed E-state index contributed by atoms with van der Waals surface area (Å²) in [5.41, 5.74) is -2.69. The second kappa shape index (κ2) is 5.94. The van der Waals surface area contributed by atoms with Crippen LogP contribution in [0.15, 0.2) is 12.1 Å². The van der Waals surface area contributed by atoms with Crippen molar-refractivity contribution >= 4 is 10.9 Å². The van der Waals surface area contributed by atoms with Crippen LogP contribution in [0.1, 0.15) is 27.2 Å². The van der Waals surface area contributed by atoms with Gasteiger partial charge in [-0.25, -0.2) is 17.6 Å². The van der Waals surface area contributed by atoms with E-state index >= 15 is 0 Å². The van der Waals surface area contributed by atoms with E-state index in [9.17, 15) is 22.7 Å². The molecule has 1 aliphatic carbocycles. The van der Waals surface area contributed by atoms with Crippen LogP contribution in [0.3, 0.4) is 0 Å². The number of aliphatic hydroxyl groups is 1. The van der Waals surface area contributed by atoms with Gasteiger partial charge in [-0.1, -0.05) is 0 Å². The maximum Gasteiger partial charge on any atom is 0.320 e. The molecule has 0 amide bonds. The largest absolute Gasteiger partial charge is 0.471 e. The molecule has 0 aliphatic heterocycles. The third-order valence-electron chi connectivity index (χ3n) is 4.06. The minimum absolute atomic E-state index is 0.00148. The Morgan fingerprint density at radius 1 is 1.19 bits per heavy atom. The van der Waals surface area contributed by atoms with Crippen LogP contribution in [0.2, 0.25) is 0 Å². The van der Waals surface area contributed by atoms with Gasteiger partial charge in [-0.05, 0) is 26.8 Å². The van der Waals surface area contributed by atoms with Crippen molar-refractivity contribution < 1.29 is 32.1 Å². The number of nitrogens with zero attached hydrogens (tertiary/aromatic N) is 2. The van der Waals surface area contributed by atoms with Crippen molar-refractivity contribution in [3.05, 3.63) is 23.8 Å². The lowest BCUT2D eigenvalue weighted by molar-refractivity contribution is 0.0124. The summed E-state index contributed by atoms with van der Waals surface area (Å²) < 4.78 is 65.3. The van der Waals surface area contributed by atoms with E-state index in [0.29, 0.717) is 6.07 Å². The molecule has 3 rings (SSSR count). The second-order valence-electron chi connectivity index (χ2n) is 7.42. The number of rotatable bonds is 5. The summed E-state index contributed by atoms with van der Waals surface area (Å²) in [6, 6.07) is 1.27. The first kappa shape index (κ1) is 18.6. The number of alkyl halides is 2. The maximum atomic E-state index is 14.1. The van der Waals surface area contributed by atoms with Crippen LogP contribution < -0.4 is 9.47 Å². The molecule has 0 saturated heterocycles. The third-order valence-corrected chi connectivity index (χ3v) is 4.06. The maximum absolute atomic E-state index is 14.1. The van der Waals surface area contributed by atoms with E-state index in [4.69, 9.17) is 9.47 Å². The molecule has 0 spiro atoms. The smallest absolute Gasteiger partial charge is 0.320 e. The Labute approximate surface area is 147 Å². The predicted octanol–water partition coefficient (Wildman–Crippen LogP) is 3.48. The number of hydrogen-bond acceptors (Lipinski definition) is 5. The first-order valence-corrected chi connectivity index (χ1v) is 7.94. The summed E-state index contributed by atoms with van der Waals surface area (Å²) in [5.74, 6) is -4.96. The molecule has 26 heavy (non-hydrogen) atoms. The van der Waals surface area contributed by atoms with Gasteiger partial charge in [0.05, 0.1) is 17.4 Å². The molecule has 1 heterocycles. The van der Waals surface area contributed by atoms with Gasteiger partial charge in [0.15, 0.2) is 5.82 Å². The van der Waals surface area contributed by atoms with E-state index in [0.717, 1.165) is 6.07 Å². The fourth-order valence-corrected chi connectivity index (χ4v) is 2.50. The van der Waals surface area contributed by atoms with Crippen LogP contribution in [-0.2, 0) is 0 Å². The number of aliphatic hydroxyl groups excluding tert-OH is 1. The van der Waals surface area contributed by atoms with Crippen molar-refractivity contribution in [2.45, 2.75) is 38.7 Å². The van der Waals surface area contributed by atoms with E-state index in [1.165, 1.54) is 0 Å². The number of halogens is 4. The zero-order valence-electron chi connectivity index (χ0n) is 14.4. The summed E-state index contributed by atoms with van der Waals surface area (Å²) in [4.78, 5) is 7.80. The summed E-state index contributed by atoms with van der Waals surface area (Å²) >= 11 is 0. The van der Waals surface area contributed by atoms with Crippen LogP contribution in [0.4, 0.5) is 17.6 Å². The second-order valence-corrected chi connectivity index (χ2v) is 7.42. The van der Waals surface area contributed by atoms with Gasteiger partial charge in [0, 0.05) is 12.5 Å². The van der Waals surface area contributed by atoms with Gasteiger partial charge in [0.25, 0.3) is 5.92 Å². The lowest BCUT2D eigenvalue weighted by Gasteiger charge is -2.22. The summed E-state index contributed by atoms with van der Waals surface area (Å²) in [5, 5.41) is 9.20.